The molecule has 0 heterocycles. The molecule has 0 saturated carbocycles. The first-order valence-electron chi connectivity index (χ1n) is 7.73. The van der Waals surface area contributed by atoms with E-state index in [9.17, 15) is 28.8 Å². The fraction of sp³-hybridized carbons (Fsp3) is 0.571. The Morgan fingerprint density at radius 2 is 1.52 bits per heavy atom. The van der Waals surface area contributed by atoms with Crippen LogP contribution < -0.4 is 21.7 Å². The molecule has 0 aliphatic carbocycles. The second kappa shape index (κ2) is 11.4. The number of aliphatic carboxylic acids is 3. The molecule has 0 aliphatic rings. The molecule has 13 nitrogen and oxygen atoms in total. The van der Waals surface area contributed by atoms with Crippen molar-refractivity contribution < 1.29 is 44.1 Å². The average molecular weight is 390 g/mol. The summed E-state index contributed by atoms with van der Waals surface area (Å²) >= 11 is 0. The Labute approximate surface area is 153 Å². The summed E-state index contributed by atoms with van der Waals surface area (Å²) in [6, 6.07) is -3.89. The Morgan fingerprint density at radius 1 is 0.926 bits per heavy atom. The van der Waals surface area contributed by atoms with Gasteiger partial charge in [0.2, 0.25) is 17.7 Å². The Morgan fingerprint density at radius 3 is 2.00 bits per heavy atom. The zero-order valence-electron chi connectivity index (χ0n) is 14.4. The summed E-state index contributed by atoms with van der Waals surface area (Å²) in [6.07, 6.45) is -1.29. The summed E-state index contributed by atoms with van der Waals surface area (Å²) < 4.78 is 0. The minimum Gasteiger partial charge on any atom is -0.481 e. The Hall–Kier alpha value is -3.22. The van der Waals surface area contributed by atoms with E-state index < -0.39 is 66.7 Å². The maximum Gasteiger partial charge on any atom is 0.326 e. The number of hydrogen-bond acceptors (Lipinski definition) is 7. The lowest BCUT2D eigenvalue weighted by molar-refractivity contribution is -0.147. The molecule has 0 rings (SSSR count). The topological polar surface area (TPSA) is 225 Å². The summed E-state index contributed by atoms with van der Waals surface area (Å²) in [5, 5.41) is 32.2. The highest BCUT2D eigenvalue weighted by molar-refractivity contribution is 5.93. The van der Waals surface area contributed by atoms with Crippen LogP contribution in [0.15, 0.2) is 0 Å². The van der Waals surface area contributed by atoms with Gasteiger partial charge in [-0.1, -0.05) is 0 Å². The lowest BCUT2D eigenvalue weighted by Crippen LogP contribution is -2.52. The van der Waals surface area contributed by atoms with E-state index in [2.05, 4.69) is 10.6 Å². The lowest BCUT2D eigenvalue weighted by Gasteiger charge is -2.17. The largest absolute Gasteiger partial charge is 0.481 e. The normalized spacial score (nSPS) is 13.6. The summed E-state index contributed by atoms with van der Waals surface area (Å²) in [5.41, 5.74) is 5.48. The second-order valence-corrected chi connectivity index (χ2v) is 5.54. The van der Waals surface area contributed by atoms with Crippen LogP contribution in [0.25, 0.3) is 0 Å². The number of rotatable bonds is 12. The Bertz CT molecular complexity index is 607. The minimum absolute atomic E-state index is 0.127. The van der Waals surface area contributed by atoms with Crippen molar-refractivity contribution in [2.75, 3.05) is 6.54 Å². The van der Waals surface area contributed by atoms with E-state index in [4.69, 9.17) is 21.1 Å². The maximum absolute atomic E-state index is 11.8. The van der Waals surface area contributed by atoms with Gasteiger partial charge in [0.25, 0.3) is 0 Å². The first-order valence-corrected chi connectivity index (χ1v) is 7.73. The van der Waals surface area contributed by atoms with Crippen molar-refractivity contribution in [2.45, 2.75) is 44.3 Å². The number of carbonyl (C=O) groups excluding carboxylic acids is 3. The molecular weight excluding hydrogens is 368 g/mol. The van der Waals surface area contributed by atoms with E-state index in [0.717, 1.165) is 0 Å². The van der Waals surface area contributed by atoms with Crippen molar-refractivity contribution in [1.29, 1.82) is 0 Å². The van der Waals surface area contributed by atoms with E-state index in [1.807, 2.05) is 5.32 Å². The van der Waals surface area contributed by atoms with Crippen molar-refractivity contribution in [3.05, 3.63) is 0 Å². The molecule has 0 aliphatic heterocycles. The van der Waals surface area contributed by atoms with Crippen LogP contribution in [0.2, 0.25) is 0 Å². The lowest BCUT2D eigenvalue weighted by atomic mass is 10.1. The SMILES string of the molecule is CC(NC(=O)C(N)CCC(=O)O)C(=O)NCC(=O)NC(CC(=O)O)C(=O)O. The number of carbonyl (C=O) groups is 6. The number of nitrogens with one attached hydrogen (secondary N) is 3. The zero-order chi connectivity index (χ0) is 21.1. The number of hydrogen-bond donors (Lipinski definition) is 7. The maximum atomic E-state index is 11.8. The highest BCUT2D eigenvalue weighted by atomic mass is 16.4. The Kier molecular flexibility index (Phi) is 10.0. The molecule has 3 unspecified atom stereocenters. The minimum atomic E-state index is -1.66. The highest BCUT2D eigenvalue weighted by Crippen LogP contribution is 1.96. The number of carboxylic acids is 3. The van der Waals surface area contributed by atoms with Gasteiger partial charge in [0.05, 0.1) is 19.0 Å². The third-order valence-corrected chi connectivity index (χ3v) is 3.19. The molecule has 152 valence electrons. The van der Waals surface area contributed by atoms with Gasteiger partial charge >= 0.3 is 17.9 Å². The molecular formula is C14H22N4O9. The predicted octanol–water partition coefficient (Wildman–Crippen LogP) is -3.16. The Balaban J connectivity index is 4.41. The molecule has 13 heteroatoms. The van der Waals surface area contributed by atoms with Gasteiger partial charge in [0.15, 0.2) is 0 Å². The molecule has 27 heavy (non-hydrogen) atoms. The van der Waals surface area contributed by atoms with Crippen LogP contribution in [-0.2, 0) is 28.8 Å². The van der Waals surface area contributed by atoms with E-state index in [0.29, 0.717) is 0 Å². The molecule has 0 aromatic rings. The van der Waals surface area contributed by atoms with Crippen LogP contribution in [0.4, 0.5) is 0 Å². The monoisotopic (exact) mass is 390 g/mol. The fourth-order valence-electron chi connectivity index (χ4n) is 1.74. The van der Waals surface area contributed by atoms with E-state index in [1.54, 1.807) is 0 Å². The summed E-state index contributed by atoms with van der Waals surface area (Å²) in [5.74, 6) is -6.58. The summed E-state index contributed by atoms with van der Waals surface area (Å²) in [7, 11) is 0. The van der Waals surface area contributed by atoms with Crippen LogP contribution in [0.3, 0.4) is 0 Å². The summed E-state index contributed by atoms with van der Waals surface area (Å²) in [6.45, 7) is 0.646. The van der Waals surface area contributed by atoms with Crippen molar-refractivity contribution in [3.8, 4) is 0 Å². The van der Waals surface area contributed by atoms with Gasteiger partial charge < -0.3 is 37.0 Å². The van der Waals surface area contributed by atoms with Crippen LogP contribution in [0.1, 0.15) is 26.2 Å². The average Bonchev–Trinajstić information content (AvgIpc) is 2.55. The van der Waals surface area contributed by atoms with Crippen molar-refractivity contribution in [1.82, 2.24) is 16.0 Å². The first kappa shape index (κ1) is 23.8. The number of carboxylic acid groups (broad SMARTS) is 3. The molecule has 0 bridgehead atoms. The van der Waals surface area contributed by atoms with Gasteiger partial charge in [0.1, 0.15) is 12.1 Å². The molecule has 0 aromatic heterocycles. The third-order valence-electron chi connectivity index (χ3n) is 3.19. The summed E-state index contributed by atoms with van der Waals surface area (Å²) in [4.78, 5) is 66.9. The first-order chi connectivity index (χ1) is 12.4. The number of nitrogens with two attached hydrogens (primary N) is 1. The molecule has 0 spiro atoms. The van der Waals surface area contributed by atoms with Gasteiger partial charge in [-0.05, 0) is 13.3 Å². The fourth-order valence-corrected chi connectivity index (χ4v) is 1.74. The van der Waals surface area contributed by atoms with Gasteiger partial charge in [-0.2, -0.15) is 0 Å². The zero-order valence-corrected chi connectivity index (χ0v) is 14.4. The second-order valence-electron chi connectivity index (χ2n) is 5.54. The smallest absolute Gasteiger partial charge is 0.326 e. The van der Waals surface area contributed by atoms with Crippen LogP contribution in [0, 0.1) is 0 Å². The molecule has 3 atom stereocenters. The van der Waals surface area contributed by atoms with E-state index in [1.165, 1.54) is 6.92 Å². The predicted molar refractivity (Wildman–Crippen MR) is 87.3 cm³/mol. The van der Waals surface area contributed by atoms with Crippen LogP contribution >= 0.6 is 0 Å². The quantitative estimate of drug-likeness (QED) is 0.177. The molecule has 0 saturated heterocycles. The van der Waals surface area contributed by atoms with Crippen molar-refractivity contribution >= 4 is 35.6 Å². The standard InChI is InChI=1S/C14H22N4O9/c1-6(17-13(25)7(15)2-3-10(20)21)12(24)16-5-9(19)18-8(14(26)27)4-11(22)23/h6-8H,2-5,15H2,1H3,(H,16,24)(H,17,25)(H,18,19)(H,20,21)(H,22,23)(H,26,27). The van der Waals surface area contributed by atoms with E-state index >= 15 is 0 Å². The third kappa shape index (κ3) is 10.4. The van der Waals surface area contributed by atoms with Crippen LogP contribution in [-0.4, -0.2) is 75.6 Å². The number of amides is 3. The molecule has 0 aromatic carbocycles. The van der Waals surface area contributed by atoms with Gasteiger partial charge in [-0.25, -0.2) is 4.79 Å². The van der Waals surface area contributed by atoms with E-state index in [-0.39, 0.29) is 12.8 Å². The van der Waals surface area contributed by atoms with Crippen molar-refractivity contribution in [3.63, 3.8) is 0 Å². The van der Waals surface area contributed by atoms with Gasteiger partial charge in [0, 0.05) is 6.42 Å². The highest BCUT2D eigenvalue weighted by Gasteiger charge is 2.24. The molecule has 3 amide bonds. The van der Waals surface area contributed by atoms with Gasteiger partial charge in [-0.3, -0.25) is 24.0 Å². The van der Waals surface area contributed by atoms with Crippen LogP contribution in [0.5, 0.6) is 0 Å². The van der Waals surface area contributed by atoms with Crippen molar-refractivity contribution in [2.24, 2.45) is 5.73 Å². The molecule has 0 fully saturated rings. The molecule has 8 N–H and O–H groups in total. The molecule has 0 radical (unpaired) electrons. The van der Waals surface area contributed by atoms with Gasteiger partial charge in [-0.15, -0.1) is 0 Å².